The first-order valence-electron chi connectivity index (χ1n) is 7.37. The SMILES string of the molecule is CC(C)[C@H](OC(=O)[C@H](C)SCc1ccc(Br)cc1)C(=O)NC(N)=O. The van der Waals surface area contributed by atoms with E-state index in [1.807, 2.05) is 29.6 Å². The van der Waals surface area contributed by atoms with Crippen LogP contribution in [0.25, 0.3) is 0 Å². The van der Waals surface area contributed by atoms with Crippen molar-refractivity contribution >= 4 is 45.6 Å². The molecule has 1 aromatic carbocycles. The molecule has 0 saturated heterocycles. The first-order valence-corrected chi connectivity index (χ1v) is 9.21. The lowest BCUT2D eigenvalue weighted by Crippen LogP contribution is -2.46. The van der Waals surface area contributed by atoms with Gasteiger partial charge in [0.25, 0.3) is 5.91 Å². The van der Waals surface area contributed by atoms with Crippen LogP contribution >= 0.6 is 27.7 Å². The molecule has 8 heteroatoms. The molecule has 3 amide bonds. The Kier molecular flexibility index (Phi) is 8.27. The number of hydrogen-bond donors (Lipinski definition) is 2. The largest absolute Gasteiger partial charge is 0.451 e. The Bertz CT molecular complexity index is 592. The summed E-state index contributed by atoms with van der Waals surface area (Å²) in [5, 5.41) is 1.50. The molecule has 0 aliphatic rings. The third-order valence-electron chi connectivity index (χ3n) is 3.10. The summed E-state index contributed by atoms with van der Waals surface area (Å²) in [6.45, 7) is 5.16. The number of rotatable bonds is 7. The van der Waals surface area contributed by atoms with Crippen molar-refractivity contribution in [2.75, 3.05) is 0 Å². The standard InChI is InChI=1S/C16H21BrN2O4S/c1-9(2)13(14(20)19-16(18)22)23-15(21)10(3)24-8-11-4-6-12(17)7-5-11/h4-7,9-10,13H,8H2,1-3H3,(H3,18,19,20,22)/t10-,13-/m0/s1. The van der Waals surface area contributed by atoms with Crippen LogP contribution in [0.5, 0.6) is 0 Å². The van der Waals surface area contributed by atoms with Gasteiger partial charge in [-0.15, -0.1) is 11.8 Å². The molecule has 0 unspecified atom stereocenters. The van der Waals surface area contributed by atoms with Crippen molar-refractivity contribution < 1.29 is 19.1 Å². The molecule has 2 atom stereocenters. The van der Waals surface area contributed by atoms with E-state index in [0.29, 0.717) is 5.75 Å². The maximum Gasteiger partial charge on any atom is 0.319 e. The van der Waals surface area contributed by atoms with E-state index in [1.54, 1.807) is 20.8 Å². The predicted molar refractivity (Wildman–Crippen MR) is 97.3 cm³/mol. The van der Waals surface area contributed by atoms with Gasteiger partial charge in [-0.2, -0.15) is 0 Å². The summed E-state index contributed by atoms with van der Waals surface area (Å²) in [6, 6.07) is 6.82. The number of carbonyl (C=O) groups is 3. The second kappa shape index (κ2) is 9.68. The average Bonchev–Trinajstić information content (AvgIpc) is 2.50. The first-order chi connectivity index (χ1) is 11.2. The van der Waals surface area contributed by atoms with E-state index in [0.717, 1.165) is 10.0 Å². The Hall–Kier alpha value is -1.54. The summed E-state index contributed by atoms with van der Waals surface area (Å²) in [5.41, 5.74) is 6.00. The van der Waals surface area contributed by atoms with E-state index in [4.69, 9.17) is 10.5 Å². The Labute approximate surface area is 154 Å². The Morgan fingerprint density at radius 1 is 1.21 bits per heavy atom. The van der Waals surface area contributed by atoms with E-state index >= 15 is 0 Å². The number of benzene rings is 1. The van der Waals surface area contributed by atoms with E-state index in [2.05, 4.69) is 15.9 Å². The number of carbonyl (C=O) groups excluding carboxylic acids is 3. The van der Waals surface area contributed by atoms with Crippen molar-refractivity contribution in [3.8, 4) is 0 Å². The van der Waals surface area contributed by atoms with Crippen LogP contribution in [0.3, 0.4) is 0 Å². The number of amides is 3. The zero-order valence-corrected chi connectivity index (χ0v) is 16.1. The van der Waals surface area contributed by atoms with E-state index in [9.17, 15) is 14.4 Å². The van der Waals surface area contributed by atoms with Gasteiger partial charge in [0.15, 0.2) is 6.10 Å². The number of esters is 1. The molecule has 0 heterocycles. The van der Waals surface area contributed by atoms with Crippen LogP contribution in [0.15, 0.2) is 28.7 Å². The number of ether oxygens (including phenoxy) is 1. The Morgan fingerprint density at radius 3 is 2.29 bits per heavy atom. The lowest BCUT2D eigenvalue weighted by atomic mass is 10.1. The van der Waals surface area contributed by atoms with Gasteiger partial charge >= 0.3 is 12.0 Å². The minimum absolute atomic E-state index is 0.281. The topological polar surface area (TPSA) is 98.5 Å². The van der Waals surface area contributed by atoms with Gasteiger partial charge in [-0.1, -0.05) is 41.9 Å². The Morgan fingerprint density at radius 2 is 1.79 bits per heavy atom. The number of halogens is 1. The molecular weight excluding hydrogens is 396 g/mol. The van der Waals surface area contributed by atoms with Crippen molar-refractivity contribution in [2.45, 2.75) is 37.9 Å². The van der Waals surface area contributed by atoms with Crippen molar-refractivity contribution in [2.24, 2.45) is 11.7 Å². The summed E-state index contributed by atoms with van der Waals surface area (Å²) in [5.74, 6) is -0.855. The maximum atomic E-state index is 12.2. The summed E-state index contributed by atoms with van der Waals surface area (Å²) in [4.78, 5) is 34.8. The second-order valence-corrected chi connectivity index (χ2v) is 7.78. The fourth-order valence-electron chi connectivity index (χ4n) is 1.78. The maximum absolute atomic E-state index is 12.2. The normalized spacial score (nSPS) is 13.2. The van der Waals surface area contributed by atoms with Crippen LogP contribution < -0.4 is 11.1 Å². The highest BCUT2D eigenvalue weighted by atomic mass is 79.9. The molecule has 132 valence electrons. The highest BCUT2D eigenvalue weighted by Gasteiger charge is 2.29. The van der Waals surface area contributed by atoms with Crippen molar-refractivity contribution in [3.05, 3.63) is 34.3 Å². The molecule has 3 N–H and O–H groups in total. The fraction of sp³-hybridized carbons (Fsp3) is 0.438. The quantitative estimate of drug-likeness (QED) is 0.665. The summed E-state index contributed by atoms with van der Waals surface area (Å²) in [7, 11) is 0. The lowest BCUT2D eigenvalue weighted by Gasteiger charge is -2.21. The highest BCUT2D eigenvalue weighted by Crippen LogP contribution is 2.21. The number of hydrogen-bond acceptors (Lipinski definition) is 5. The monoisotopic (exact) mass is 416 g/mol. The van der Waals surface area contributed by atoms with Crippen LogP contribution in [-0.4, -0.2) is 29.3 Å². The zero-order valence-electron chi connectivity index (χ0n) is 13.7. The van der Waals surface area contributed by atoms with Gasteiger partial charge in [0.2, 0.25) is 0 Å². The van der Waals surface area contributed by atoms with Gasteiger partial charge in [0.1, 0.15) is 0 Å². The third-order valence-corrected chi connectivity index (χ3v) is 4.82. The van der Waals surface area contributed by atoms with Gasteiger partial charge in [-0.05, 0) is 30.5 Å². The highest BCUT2D eigenvalue weighted by molar-refractivity contribution is 9.10. The molecule has 0 radical (unpaired) electrons. The Balaban J connectivity index is 2.58. The summed E-state index contributed by atoms with van der Waals surface area (Å²) in [6.07, 6.45) is -1.05. The lowest BCUT2D eigenvalue weighted by molar-refractivity contribution is -0.157. The van der Waals surface area contributed by atoms with Crippen molar-refractivity contribution in [3.63, 3.8) is 0 Å². The molecule has 0 aromatic heterocycles. The zero-order chi connectivity index (χ0) is 18.3. The number of nitrogens with one attached hydrogen (secondary N) is 1. The predicted octanol–water partition coefficient (Wildman–Crippen LogP) is 2.83. The van der Waals surface area contributed by atoms with E-state index < -0.39 is 29.3 Å². The molecular formula is C16H21BrN2O4S. The number of nitrogens with two attached hydrogens (primary N) is 1. The molecule has 0 aliphatic carbocycles. The molecule has 0 aliphatic heterocycles. The minimum Gasteiger partial charge on any atom is -0.451 e. The molecule has 0 fully saturated rings. The molecule has 1 aromatic rings. The number of urea groups is 1. The van der Waals surface area contributed by atoms with Crippen LogP contribution in [0.1, 0.15) is 26.3 Å². The van der Waals surface area contributed by atoms with Crippen LogP contribution in [-0.2, 0) is 20.1 Å². The minimum atomic E-state index is -1.05. The molecule has 1 rings (SSSR count). The number of primary amides is 1. The molecule has 6 nitrogen and oxygen atoms in total. The number of thioether (sulfide) groups is 1. The summed E-state index contributed by atoms with van der Waals surface area (Å²) < 4.78 is 6.25. The van der Waals surface area contributed by atoms with Crippen LogP contribution in [0.2, 0.25) is 0 Å². The van der Waals surface area contributed by atoms with Crippen molar-refractivity contribution in [1.82, 2.24) is 5.32 Å². The van der Waals surface area contributed by atoms with Gasteiger partial charge in [0, 0.05) is 10.2 Å². The summed E-state index contributed by atoms with van der Waals surface area (Å²) >= 11 is 4.78. The van der Waals surface area contributed by atoms with Crippen molar-refractivity contribution in [1.29, 1.82) is 0 Å². The molecule has 0 saturated carbocycles. The smallest absolute Gasteiger partial charge is 0.319 e. The van der Waals surface area contributed by atoms with Gasteiger partial charge < -0.3 is 10.5 Å². The molecule has 24 heavy (non-hydrogen) atoms. The van der Waals surface area contributed by atoms with E-state index in [-0.39, 0.29) is 5.92 Å². The fourth-order valence-corrected chi connectivity index (χ4v) is 2.87. The van der Waals surface area contributed by atoms with Gasteiger partial charge in [-0.3, -0.25) is 14.9 Å². The molecule has 0 bridgehead atoms. The number of imide groups is 1. The first kappa shape index (κ1) is 20.5. The van der Waals surface area contributed by atoms with Crippen LogP contribution in [0.4, 0.5) is 4.79 Å². The van der Waals surface area contributed by atoms with Gasteiger partial charge in [0.05, 0.1) is 5.25 Å². The van der Waals surface area contributed by atoms with Gasteiger partial charge in [-0.25, -0.2) is 4.79 Å². The average molecular weight is 417 g/mol. The van der Waals surface area contributed by atoms with E-state index in [1.165, 1.54) is 11.8 Å². The van der Waals surface area contributed by atoms with Crippen LogP contribution in [0, 0.1) is 5.92 Å². The second-order valence-electron chi connectivity index (χ2n) is 5.53. The molecule has 0 spiro atoms. The third kappa shape index (κ3) is 6.92.